The lowest BCUT2D eigenvalue weighted by Crippen LogP contribution is -1.88. The van der Waals surface area contributed by atoms with E-state index in [0.29, 0.717) is 0 Å². The van der Waals surface area contributed by atoms with Crippen LogP contribution in [0.15, 0.2) is 46.0 Å². The number of nitrogens with two attached hydrogens (primary N) is 1. The Hall–Kier alpha value is -1.88. The number of nitrogen functional groups attached to an aromatic ring is 1. The quantitative estimate of drug-likeness (QED) is 0.549. The van der Waals surface area contributed by atoms with Gasteiger partial charge in [-0.2, -0.15) is 5.10 Å². The van der Waals surface area contributed by atoms with Crippen molar-refractivity contribution in [1.82, 2.24) is 10.2 Å². The van der Waals surface area contributed by atoms with Gasteiger partial charge in [-0.15, -0.1) is 11.8 Å². The molecular formula is C12H11N3OS. The minimum absolute atomic E-state index is 0.774. The summed E-state index contributed by atoms with van der Waals surface area (Å²) in [5.41, 5.74) is 7.77. The molecule has 17 heavy (non-hydrogen) atoms. The van der Waals surface area contributed by atoms with Gasteiger partial charge in [0.25, 0.3) is 0 Å². The predicted molar refractivity (Wildman–Crippen MR) is 68.8 cm³/mol. The first kappa shape index (κ1) is 10.3. The number of hydrogen-bond acceptors (Lipinski definition) is 4. The molecule has 0 aliphatic rings. The van der Waals surface area contributed by atoms with E-state index >= 15 is 0 Å². The maximum atomic E-state index is 5.99. The van der Waals surface area contributed by atoms with Gasteiger partial charge in [0.1, 0.15) is 5.76 Å². The lowest BCUT2D eigenvalue weighted by atomic mass is 10.2. The highest BCUT2D eigenvalue weighted by atomic mass is 32.2. The number of rotatable bonds is 3. The number of hydrogen-bond donors (Lipinski definition) is 2. The molecule has 0 saturated heterocycles. The van der Waals surface area contributed by atoms with Gasteiger partial charge in [0.15, 0.2) is 0 Å². The Labute approximate surface area is 102 Å². The Morgan fingerprint density at radius 2 is 2.35 bits per heavy atom. The molecule has 0 unspecified atom stereocenters. The molecule has 3 N–H and O–H groups in total. The van der Waals surface area contributed by atoms with Crippen molar-refractivity contribution >= 4 is 28.4 Å². The Bertz CT molecular complexity index is 630. The highest BCUT2D eigenvalue weighted by Gasteiger charge is 2.05. The van der Waals surface area contributed by atoms with Crippen molar-refractivity contribution in [3.8, 4) is 0 Å². The second-order valence-electron chi connectivity index (χ2n) is 3.72. The van der Waals surface area contributed by atoms with Gasteiger partial charge >= 0.3 is 0 Å². The minimum Gasteiger partial charge on any atom is -0.468 e. The zero-order valence-electron chi connectivity index (χ0n) is 9.01. The maximum Gasteiger partial charge on any atom is 0.113 e. The second-order valence-corrected chi connectivity index (χ2v) is 4.73. The van der Waals surface area contributed by atoms with E-state index in [1.165, 1.54) is 0 Å². The smallest absolute Gasteiger partial charge is 0.113 e. The van der Waals surface area contributed by atoms with Crippen molar-refractivity contribution < 1.29 is 4.42 Å². The van der Waals surface area contributed by atoms with Crippen LogP contribution in [0.25, 0.3) is 10.9 Å². The summed E-state index contributed by atoms with van der Waals surface area (Å²) in [4.78, 5) is 1.04. The molecule has 0 radical (unpaired) electrons. The SMILES string of the molecule is Nc1cc2cn[nH]c2cc1SCc1ccco1. The molecule has 0 spiro atoms. The molecule has 4 nitrogen and oxygen atoms in total. The minimum atomic E-state index is 0.774. The fourth-order valence-electron chi connectivity index (χ4n) is 1.66. The average molecular weight is 245 g/mol. The highest BCUT2D eigenvalue weighted by molar-refractivity contribution is 7.98. The van der Waals surface area contributed by atoms with Crippen LogP contribution in [0.3, 0.4) is 0 Å². The van der Waals surface area contributed by atoms with Gasteiger partial charge in [-0.3, -0.25) is 5.10 Å². The number of nitrogens with zero attached hydrogens (tertiary/aromatic N) is 1. The van der Waals surface area contributed by atoms with Gasteiger partial charge in [0, 0.05) is 16.0 Å². The van der Waals surface area contributed by atoms with E-state index < -0.39 is 0 Å². The summed E-state index contributed by atoms with van der Waals surface area (Å²) >= 11 is 1.66. The molecule has 3 aromatic rings. The van der Waals surface area contributed by atoms with Gasteiger partial charge in [-0.05, 0) is 24.3 Å². The number of furan rings is 1. The van der Waals surface area contributed by atoms with Crippen LogP contribution in [-0.2, 0) is 5.75 Å². The van der Waals surface area contributed by atoms with Crippen molar-refractivity contribution in [1.29, 1.82) is 0 Å². The molecule has 0 bridgehead atoms. The third-order valence-electron chi connectivity index (χ3n) is 2.52. The van der Waals surface area contributed by atoms with Gasteiger partial charge in [-0.1, -0.05) is 0 Å². The van der Waals surface area contributed by atoms with E-state index in [4.69, 9.17) is 10.2 Å². The first-order chi connectivity index (χ1) is 8.33. The summed E-state index contributed by atoms with van der Waals surface area (Å²) in [6, 6.07) is 7.80. The predicted octanol–water partition coefficient (Wildman–Crippen LogP) is 3.03. The zero-order chi connectivity index (χ0) is 11.7. The summed E-state index contributed by atoms with van der Waals surface area (Å²) in [7, 11) is 0. The molecule has 0 atom stereocenters. The number of aromatic nitrogens is 2. The molecule has 0 fully saturated rings. The Morgan fingerprint density at radius 1 is 1.41 bits per heavy atom. The standard InChI is InChI=1S/C12H11N3OS/c13-10-4-8-6-14-15-11(8)5-12(10)17-7-9-2-1-3-16-9/h1-6H,7,13H2,(H,14,15). The normalized spacial score (nSPS) is 11.1. The van der Waals surface area contributed by atoms with Crippen molar-refractivity contribution in [2.45, 2.75) is 10.6 Å². The summed E-state index contributed by atoms with van der Waals surface area (Å²) < 4.78 is 5.29. The monoisotopic (exact) mass is 245 g/mol. The Morgan fingerprint density at radius 3 is 3.18 bits per heavy atom. The van der Waals surface area contributed by atoms with Crippen LogP contribution in [0.5, 0.6) is 0 Å². The first-order valence-corrected chi connectivity index (χ1v) is 6.19. The highest BCUT2D eigenvalue weighted by Crippen LogP contribution is 2.31. The lowest BCUT2D eigenvalue weighted by Gasteiger charge is -2.04. The van der Waals surface area contributed by atoms with Crippen LogP contribution < -0.4 is 5.73 Å². The number of fused-ring (bicyclic) bond motifs is 1. The van der Waals surface area contributed by atoms with E-state index in [2.05, 4.69) is 10.2 Å². The van der Waals surface area contributed by atoms with Gasteiger partial charge in [0.05, 0.1) is 23.7 Å². The number of benzene rings is 1. The van der Waals surface area contributed by atoms with Crippen molar-refractivity contribution in [3.05, 3.63) is 42.5 Å². The van der Waals surface area contributed by atoms with E-state index in [1.54, 1.807) is 24.2 Å². The molecule has 1 aromatic carbocycles. The third-order valence-corrected chi connectivity index (χ3v) is 3.61. The van der Waals surface area contributed by atoms with E-state index in [0.717, 1.165) is 33.0 Å². The molecule has 3 rings (SSSR count). The van der Waals surface area contributed by atoms with Crippen LogP contribution in [0, 0.1) is 0 Å². The summed E-state index contributed by atoms with van der Waals surface area (Å²) in [6.07, 6.45) is 3.45. The molecule has 0 saturated carbocycles. The number of thioether (sulfide) groups is 1. The lowest BCUT2D eigenvalue weighted by molar-refractivity contribution is 0.530. The van der Waals surface area contributed by atoms with Crippen LogP contribution in [0.4, 0.5) is 5.69 Å². The van der Waals surface area contributed by atoms with Gasteiger partial charge < -0.3 is 10.2 Å². The van der Waals surface area contributed by atoms with Crippen LogP contribution in [0.2, 0.25) is 0 Å². The molecule has 0 aliphatic carbocycles. The second kappa shape index (κ2) is 4.18. The largest absolute Gasteiger partial charge is 0.468 e. The van der Waals surface area contributed by atoms with E-state index in [9.17, 15) is 0 Å². The zero-order valence-corrected chi connectivity index (χ0v) is 9.83. The molecule has 86 valence electrons. The third kappa shape index (κ3) is 2.01. The first-order valence-electron chi connectivity index (χ1n) is 5.21. The van der Waals surface area contributed by atoms with Gasteiger partial charge in [0.2, 0.25) is 0 Å². The van der Waals surface area contributed by atoms with E-state index in [-0.39, 0.29) is 0 Å². The van der Waals surface area contributed by atoms with Crippen molar-refractivity contribution in [2.75, 3.05) is 5.73 Å². The van der Waals surface area contributed by atoms with Gasteiger partial charge in [-0.25, -0.2) is 0 Å². The number of anilines is 1. The number of H-pyrrole nitrogens is 1. The summed E-state index contributed by atoms with van der Waals surface area (Å²) in [6.45, 7) is 0. The molecule has 0 amide bonds. The average Bonchev–Trinajstić information content (AvgIpc) is 2.95. The number of nitrogens with one attached hydrogen (secondary N) is 1. The Kier molecular flexibility index (Phi) is 2.53. The number of aromatic amines is 1. The van der Waals surface area contributed by atoms with Crippen LogP contribution in [-0.4, -0.2) is 10.2 Å². The van der Waals surface area contributed by atoms with Crippen LogP contribution >= 0.6 is 11.8 Å². The molecule has 5 heteroatoms. The fourth-order valence-corrected chi connectivity index (χ4v) is 2.55. The topological polar surface area (TPSA) is 67.8 Å². The molecule has 0 aliphatic heterocycles. The van der Waals surface area contributed by atoms with Crippen molar-refractivity contribution in [2.24, 2.45) is 0 Å². The maximum absolute atomic E-state index is 5.99. The molecular weight excluding hydrogens is 234 g/mol. The van der Waals surface area contributed by atoms with E-state index in [1.807, 2.05) is 24.3 Å². The summed E-state index contributed by atoms with van der Waals surface area (Å²) in [5, 5.41) is 7.96. The molecule has 2 heterocycles. The van der Waals surface area contributed by atoms with Crippen LogP contribution in [0.1, 0.15) is 5.76 Å². The fraction of sp³-hybridized carbons (Fsp3) is 0.0833. The Balaban J connectivity index is 1.86. The summed E-state index contributed by atoms with van der Waals surface area (Å²) in [5.74, 6) is 1.72. The molecule has 2 aromatic heterocycles. The van der Waals surface area contributed by atoms with Crippen molar-refractivity contribution in [3.63, 3.8) is 0 Å².